The van der Waals surface area contributed by atoms with Gasteiger partial charge in [-0.25, -0.2) is 0 Å². The van der Waals surface area contributed by atoms with E-state index in [1.54, 1.807) is 5.57 Å². The topological polar surface area (TPSA) is 9.23 Å². The highest BCUT2D eigenvalue weighted by Gasteiger charge is 2.54. The van der Waals surface area contributed by atoms with Gasteiger partial charge >= 0.3 is 0 Å². The highest BCUT2D eigenvalue weighted by Crippen LogP contribution is 2.64. The minimum Gasteiger partial charge on any atom is -0.547 e. The molecule has 0 aromatic heterocycles. The van der Waals surface area contributed by atoms with Crippen LogP contribution in [0, 0.1) is 17.3 Å². The Balaban J connectivity index is 1.98. The van der Waals surface area contributed by atoms with Crippen molar-refractivity contribution in [2.45, 2.75) is 65.1 Å². The molecular weight excluding hydrogens is 224 g/mol. The molecule has 2 heteroatoms. The summed E-state index contributed by atoms with van der Waals surface area (Å²) in [5.41, 5.74) is 2.29. The highest BCUT2D eigenvalue weighted by atomic mass is 28.4. The van der Waals surface area contributed by atoms with Crippen LogP contribution in [0.1, 0.15) is 45.4 Å². The fraction of sp³-hybridized carbons (Fsp3) is 0.867. The molecule has 0 heterocycles. The van der Waals surface area contributed by atoms with Crippen LogP contribution in [0.3, 0.4) is 0 Å². The Kier molecular flexibility index (Phi) is 2.52. The van der Waals surface area contributed by atoms with Gasteiger partial charge < -0.3 is 4.43 Å². The van der Waals surface area contributed by atoms with Crippen LogP contribution < -0.4 is 0 Å². The van der Waals surface area contributed by atoms with E-state index in [2.05, 4.69) is 26.6 Å². The summed E-state index contributed by atoms with van der Waals surface area (Å²) in [6.45, 7) is 9.48. The molecule has 0 unspecified atom stereocenters. The summed E-state index contributed by atoms with van der Waals surface area (Å²) in [5, 5.41) is 0. The quantitative estimate of drug-likeness (QED) is 0.645. The summed E-state index contributed by atoms with van der Waals surface area (Å²) in [5.74, 6) is 3.30. The smallest absolute Gasteiger partial charge is 0.241 e. The standard InChI is InChI=1S/C15H26OSi/c1-15-9-5-6-13(16-17(2,3)4)14(15)11-7-8-12(15)10-11/h11-12H,5-10H2,1-4H3/t11-,12+,15+/m0/s1. The molecule has 3 aliphatic carbocycles. The predicted molar refractivity (Wildman–Crippen MR) is 74.2 cm³/mol. The first-order chi connectivity index (χ1) is 7.90. The third kappa shape index (κ3) is 1.80. The molecule has 0 N–H and O–H groups in total. The normalized spacial score (nSPS) is 40.7. The first-order valence-corrected chi connectivity index (χ1v) is 10.7. The zero-order valence-electron chi connectivity index (χ0n) is 11.8. The SMILES string of the molecule is C[C@]12CCCC(O[Si](C)(C)C)=C1[C@H]1CC[C@@H]2C1. The van der Waals surface area contributed by atoms with Crippen molar-refractivity contribution in [2.75, 3.05) is 0 Å². The third-order valence-corrected chi connectivity index (χ3v) is 6.05. The summed E-state index contributed by atoms with van der Waals surface area (Å²) >= 11 is 0. The minimum absolute atomic E-state index is 0.524. The lowest BCUT2D eigenvalue weighted by Crippen LogP contribution is -2.34. The number of rotatable bonds is 2. The van der Waals surface area contributed by atoms with Crippen molar-refractivity contribution in [1.82, 2.24) is 0 Å². The zero-order valence-corrected chi connectivity index (χ0v) is 12.8. The van der Waals surface area contributed by atoms with Gasteiger partial charge in [-0.05, 0) is 74.6 Å². The molecule has 3 atom stereocenters. The molecule has 96 valence electrons. The summed E-state index contributed by atoms with van der Waals surface area (Å²) in [6.07, 6.45) is 8.37. The first-order valence-electron chi connectivity index (χ1n) is 7.33. The largest absolute Gasteiger partial charge is 0.547 e. The zero-order chi connectivity index (χ0) is 12.3. The monoisotopic (exact) mass is 250 g/mol. The maximum Gasteiger partial charge on any atom is 0.241 e. The second-order valence-corrected chi connectivity index (χ2v) is 12.0. The van der Waals surface area contributed by atoms with Crippen LogP contribution >= 0.6 is 0 Å². The van der Waals surface area contributed by atoms with Crippen molar-refractivity contribution in [3.8, 4) is 0 Å². The van der Waals surface area contributed by atoms with Crippen molar-refractivity contribution in [2.24, 2.45) is 17.3 Å². The molecule has 2 fully saturated rings. The average molecular weight is 250 g/mol. The van der Waals surface area contributed by atoms with Crippen molar-refractivity contribution >= 4 is 8.32 Å². The molecule has 0 aromatic rings. The Hall–Kier alpha value is -0.243. The highest BCUT2D eigenvalue weighted by molar-refractivity contribution is 6.70. The van der Waals surface area contributed by atoms with Crippen LogP contribution in [-0.4, -0.2) is 8.32 Å². The van der Waals surface area contributed by atoms with E-state index in [1.165, 1.54) is 44.3 Å². The van der Waals surface area contributed by atoms with Crippen LogP contribution in [-0.2, 0) is 4.43 Å². The van der Waals surface area contributed by atoms with Crippen LogP contribution in [0.2, 0.25) is 19.6 Å². The van der Waals surface area contributed by atoms with Gasteiger partial charge in [-0.2, -0.15) is 0 Å². The van der Waals surface area contributed by atoms with Crippen LogP contribution in [0.25, 0.3) is 0 Å². The summed E-state index contributed by atoms with van der Waals surface area (Å²) in [7, 11) is -1.42. The number of hydrogen-bond acceptors (Lipinski definition) is 1. The van der Waals surface area contributed by atoms with E-state index in [-0.39, 0.29) is 0 Å². The molecule has 0 saturated heterocycles. The lowest BCUT2D eigenvalue weighted by atomic mass is 9.65. The number of fused-ring (bicyclic) bond motifs is 5. The van der Waals surface area contributed by atoms with Gasteiger partial charge in [0.2, 0.25) is 8.32 Å². The minimum atomic E-state index is -1.42. The van der Waals surface area contributed by atoms with Gasteiger partial charge in [-0.15, -0.1) is 0 Å². The molecule has 0 aliphatic heterocycles. The molecule has 17 heavy (non-hydrogen) atoms. The van der Waals surface area contributed by atoms with E-state index < -0.39 is 8.32 Å². The lowest BCUT2D eigenvalue weighted by Gasteiger charge is -2.42. The van der Waals surface area contributed by atoms with E-state index in [0.29, 0.717) is 5.41 Å². The van der Waals surface area contributed by atoms with Crippen molar-refractivity contribution in [3.63, 3.8) is 0 Å². The molecule has 0 amide bonds. The van der Waals surface area contributed by atoms with Crippen LogP contribution in [0.4, 0.5) is 0 Å². The molecule has 3 rings (SSSR count). The number of hydrogen-bond donors (Lipinski definition) is 0. The van der Waals surface area contributed by atoms with Crippen molar-refractivity contribution in [3.05, 3.63) is 11.3 Å². The van der Waals surface area contributed by atoms with Gasteiger partial charge in [0.05, 0.1) is 5.76 Å². The second-order valence-electron chi connectivity index (χ2n) is 7.53. The molecule has 0 aromatic carbocycles. The maximum atomic E-state index is 6.43. The van der Waals surface area contributed by atoms with Gasteiger partial charge in [0.1, 0.15) is 0 Å². The van der Waals surface area contributed by atoms with Gasteiger partial charge in [0, 0.05) is 6.42 Å². The van der Waals surface area contributed by atoms with E-state index in [1.807, 2.05) is 0 Å². The lowest BCUT2D eigenvalue weighted by molar-refractivity contribution is 0.195. The maximum absolute atomic E-state index is 6.43. The first kappa shape index (κ1) is 11.8. The van der Waals surface area contributed by atoms with Gasteiger partial charge in [-0.3, -0.25) is 0 Å². The number of allylic oxidation sites excluding steroid dienone is 2. The van der Waals surface area contributed by atoms with Gasteiger partial charge in [0.15, 0.2) is 0 Å². The average Bonchev–Trinajstić information content (AvgIpc) is 2.73. The summed E-state index contributed by atoms with van der Waals surface area (Å²) in [6, 6.07) is 0. The molecule has 2 bridgehead atoms. The molecule has 3 aliphatic rings. The predicted octanol–water partition coefficient (Wildman–Crippen LogP) is 4.71. The fourth-order valence-corrected chi connectivity index (χ4v) is 5.57. The molecular formula is C15H26OSi. The Morgan fingerprint density at radius 1 is 1.24 bits per heavy atom. The van der Waals surface area contributed by atoms with Crippen molar-refractivity contribution < 1.29 is 4.43 Å². The third-order valence-electron chi connectivity index (χ3n) is 5.19. The van der Waals surface area contributed by atoms with E-state index in [4.69, 9.17) is 4.43 Å². The van der Waals surface area contributed by atoms with E-state index in [9.17, 15) is 0 Å². The van der Waals surface area contributed by atoms with Crippen LogP contribution in [0.15, 0.2) is 11.3 Å². The molecule has 1 nitrogen and oxygen atoms in total. The molecule has 0 spiro atoms. The second kappa shape index (κ2) is 3.63. The van der Waals surface area contributed by atoms with E-state index in [0.717, 1.165) is 11.8 Å². The summed E-state index contributed by atoms with van der Waals surface area (Å²) in [4.78, 5) is 0. The molecule has 0 radical (unpaired) electrons. The fourth-order valence-electron chi connectivity index (χ4n) is 4.62. The Bertz CT molecular complexity index is 366. The molecule has 2 saturated carbocycles. The Morgan fingerprint density at radius 3 is 2.71 bits per heavy atom. The van der Waals surface area contributed by atoms with E-state index >= 15 is 0 Å². The Labute approximate surface area is 107 Å². The van der Waals surface area contributed by atoms with Gasteiger partial charge in [0.25, 0.3) is 0 Å². The van der Waals surface area contributed by atoms with Crippen LogP contribution in [0.5, 0.6) is 0 Å². The van der Waals surface area contributed by atoms with Gasteiger partial charge in [-0.1, -0.05) is 6.92 Å². The van der Waals surface area contributed by atoms with Crippen molar-refractivity contribution in [1.29, 1.82) is 0 Å². The summed E-state index contributed by atoms with van der Waals surface area (Å²) < 4.78 is 6.43. The Morgan fingerprint density at radius 2 is 2.00 bits per heavy atom.